The van der Waals surface area contributed by atoms with Crippen molar-refractivity contribution in [2.75, 3.05) is 12.4 Å². The number of hydrogen-bond donors (Lipinski definition) is 1. The third-order valence-corrected chi connectivity index (χ3v) is 4.69. The highest BCUT2D eigenvalue weighted by molar-refractivity contribution is 9.10. The van der Waals surface area contributed by atoms with Gasteiger partial charge in [0, 0.05) is 19.2 Å². The molecule has 2 aromatic heterocycles. The molecule has 0 saturated heterocycles. The summed E-state index contributed by atoms with van der Waals surface area (Å²) in [6.07, 6.45) is 3.89. The van der Waals surface area contributed by atoms with Crippen LogP contribution in [0.25, 0.3) is 0 Å². The minimum Gasteiger partial charge on any atom is -0.497 e. The molecule has 3 aromatic rings. The lowest BCUT2D eigenvalue weighted by molar-refractivity contribution is -0.116. The molecule has 0 aliphatic carbocycles. The molecule has 8 heteroatoms. The largest absolute Gasteiger partial charge is 0.497 e. The van der Waals surface area contributed by atoms with E-state index in [-0.39, 0.29) is 5.91 Å². The second-order valence-corrected chi connectivity index (χ2v) is 7.19. The Labute approximate surface area is 166 Å². The number of ether oxygens (including phenoxy) is 1. The van der Waals surface area contributed by atoms with Gasteiger partial charge in [-0.05, 0) is 47.5 Å². The molecule has 1 N–H and O–H groups in total. The Hall–Kier alpha value is -2.61. The topological polar surface area (TPSA) is 74.0 Å². The zero-order chi connectivity index (χ0) is 19.4. The Morgan fingerprint density at radius 2 is 2.15 bits per heavy atom. The van der Waals surface area contributed by atoms with Crippen molar-refractivity contribution >= 4 is 27.5 Å². The highest BCUT2D eigenvalue weighted by atomic mass is 79.9. The summed E-state index contributed by atoms with van der Waals surface area (Å²) in [4.78, 5) is 12.3. The van der Waals surface area contributed by atoms with Crippen molar-refractivity contribution in [3.8, 4) is 5.75 Å². The van der Waals surface area contributed by atoms with Crippen molar-refractivity contribution in [3.63, 3.8) is 0 Å². The molecule has 0 aliphatic rings. The standard InChI is InChI=1S/C19H22BrN5O2/c1-13-19(22-18(26)7-8-24-12-16(20)10-21-24)14(2)25(23-13)11-15-5-4-6-17(9-15)27-3/h4-6,9-10,12H,7-8,11H2,1-3H3,(H,22,26). The van der Waals surface area contributed by atoms with Crippen LogP contribution in [0.2, 0.25) is 0 Å². The second kappa shape index (κ2) is 8.39. The van der Waals surface area contributed by atoms with Crippen LogP contribution in [0, 0.1) is 13.8 Å². The van der Waals surface area contributed by atoms with Gasteiger partial charge in [0.1, 0.15) is 5.75 Å². The van der Waals surface area contributed by atoms with Crippen molar-refractivity contribution in [2.45, 2.75) is 33.4 Å². The van der Waals surface area contributed by atoms with E-state index in [1.807, 2.05) is 49.0 Å². The molecule has 142 valence electrons. The highest BCUT2D eigenvalue weighted by Gasteiger charge is 2.15. The van der Waals surface area contributed by atoms with Crippen molar-refractivity contribution < 1.29 is 9.53 Å². The number of nitrogens with zero attached hydrogens (tertiary/aromatic N) is 4. The molecule has 27 heavy (non-hydrogen) atoms. The molecule has 0 atom stereocenters. The Morgan fingerprint density at radius 3 is 2.85 bits per heavy atom. The van der Waals surface area contributed by atoms with Crippen molar-refractivity contribution in [2.24, 2.45) is 0 Å². The monoisotopic (exact) mass is 431 g/mol. The van der Waals surface area contributed by atoms with Gasteiger partial charge in [0.15, 0.2) is 0 Å². The predicted octanol–water partition coefficient (Wildman–Crippen LogP) is 3.54. The molecule has 0 saturated carbocycles. The minimum absolute atomic E-state index is 0.0613. The van der Waals surface area contributed by atoms with E-state index in [1.165, 1.54) is 0 Å². The van der Waals surface area contributed by atoms with Crippen LogP contribution in [0.3, 0.4) is 0 Å². The second-order valence-electron chi connectivity index (χ2n) is 6.27. The summed E-state index contributed by atoms with van der Waals surface area (Å²) >= 11 is 3.35. The molecular weight excluding hydrogens is 410 g/mol. The summed E-state index contributed by atoms with van der Waals surface area (Å²) in [5.74, 6) is 0.751. The first-order valence-electron chi connectivity index (χ1n) is 8.61. The van der Waals surface area contributed by atoms with E-state index < -0.39 is 0 Å². The van der Waals surface area contributed by atoms with E-state index in [0.717, 1.165) is 32.9 Å². The number of aryl methyl sites for hydroxylation is 2. The zero-order valence-corrected chi connectivity index (χ0v) is 17.2. The number of aromatic nitrogens is 4. The Bertz CT molecular complexity index is 947. The number of carbonyl (C=O) groups is 1. The molecule has 0 bridgehead atoms. The fraction of sp³-hybridized carbons (Fsp3) is 0.316. The molecule has 0 fully saturated rings. The van der Waals surface area contributed by atoms with Crippen LogP contribution in [0.15, 0.2) is 41.1 Å². The van der Waals surface area contributed by atoms with Crippen LogP contribution in [0.1, 0.15) is 23.4 Å². The number of nitrogens with one attached hydrogen (secondary N) is 1. The van der Waals surface area contributed by atoms with Crippen molar-refractivity contribution in [1.82, 2.24) is 19.6 Å². The molecule has 1 aromatic carbocycles. The van der Waals surface area contributed by atoms with Gasteiger partial charge in [-0.15, -0.1) is 0 Å². The van der Waals surface area contributed by atoms with Crippen molar-refractivity contribution in [1.29, 1.82) is 0 Å². The van der Waals surface area contributed by atoms with Crippen molar-refractivity contribution in [3.05, 3.63) is 58.1 Å². The van der Waals surface area contributed by atoms with Gasteiger partial charge < -0.3 is 10.1 Å². The van der Waals surface area contributed by atoms with E-state index in [9.17, 15) is 4.79 Å². The first kappa shape index (κ1) is 19.2. The molecule has 7 nitrogen and oxygen atoms in total. The van der Waals surface area contributed by atoms with Gasteiger partial charge in [-0.25, -0.2) is 0 Å². The number of amides is 1. The summed E-state index contributed by atoms with van der Waals surface area (Å²) in [6, 6.07) is 7.88. The van der Waals surface area contributed by atoms with Gasteiger partial charge >= 0.3 is 0 Å². The normalized spacial score (nSPS) is 10.8. The van der Waals surface area contributed by atoms with Crippen LogP contribution in [-0.4, -0.2) is 32.6 Å². The summed E-state index contributed by atoms with van der Waals surface area (Å²) in [5.41, 5.74) is 3.57. The molecule has 0 unspecified atom stereocenters. The molecule has 2 heterocycles. The fourth-order valence-electron chi connectivity index (χ4n) is 2.85. The molecule has 1 amide bonds. The zero-order valence-electron chi connectivity index (χ0n) is 15.6. The predicted molar refractivity (Wildman–Crippen MR) is 107 cm³/mol. The lowest BCUT2D eigenvalue weighted by atomic mass is 10.2. The summed E-state index contributed by atoms with van der Waals surface area (Å²) < 4.78 is 9.79. The lowest BCUT2D eigenvalue weighted by Crippen LogP contribution is -2.15. The Morgan fingerprint density at radius 1 is 1.33 bits per heavy atom. The summed E-state index contributed by atoms with van der Waals surface area (Å²) in [7, 11) is 1.65. The maximum absolute atomic E-state index is 12.3. The molecular formula is C19H22BrN5O2. The number of anilines is 1. The van der Waals surface area contributed by atoms with Crippen LogP contribution >= 0.6 is 15.9 Å². The SMILES string of the molecule is COc1cccc(Cn2nc(C)c(NC(=O)CCn3cc(Br)cn3)c2C)c1. The minimum atomic E-state index is -0.0613. The maximum atomic E-state index is 12.3. The third kappa shape index (κ3) is 4.77. The van der Waals surface area contributed by atoms with E-state index >= 15 is 0 Å². The van der Waals surface area contributed by atoms with E-state index in [1.54, 1.807) is 18.0 Å². The number of methoxy groups -OCH3 is 1. The van der Waals surface area contributed by atoms with E-state index in [0.29, 0.717) is 19.5 Å². The molecule has 0 spiro atoms. The van der Waals surface area contributed by atoms with E-state index in [2.05, 4.69) is 31.4 Å². The Balaban J connectivity index is 1.66. The van der Waals surface area contributed by atoms with E-state index in [4.69, 9.17) is 4.74 Å². The van der Waals surface area contributed by atoms with Gasteiger partial charge in [0.25, 0.3) is 0 Å². The third-order valence-electron chi connectivity index (χ3n) is 4.28. The van der Waals surface area contributed by atoms with Gasteiger partial charge in [0.2, 0.25) is 5.91 Å². The Kier molecular flexibility index (Phi) is 5.95. The smallest absolute Gasteiger partial charge is 0.226 e. The summed E-state index contributed by atoms with van der Waals surface area (Å²) in [6.45, 7) is 4.99. The molecule has 0 radical (unpaired) electrons. The first-order chi connectivity index (χ1) is 13.0. The quantitative estimate of drug-likeness (QED) is 0.620. The number of rotatable bonds is 7. The first-order valence-corrected chi connectivity index (χ1v) is 9.40. The number of benzene rings is 1. The molecule has 0 aliphatic heterocycles. The average molecular weight is 432 g/mol. The van der Waals surface area contributed by atoms with Gasteiger partial charge in [-0.3, -0.25) is 14.2 Å². The number of carbonyl (C=O) groups excluding carboxylic acids is 1. The van der Waals surface area contributed by atoms with Crippen LogP contribution < -0.4 is 10.1 Å². The van der Waals surface area contributed by atoms with Crippen LogP contribution in [-0.2, 0) is 17.9 Å². The average Bonchev–Trinajstić information content (AvgIpc) is 3.18. The maximum Gasteiger partial charge on any atom is 0.226 e. The number of hydrogen-bond acceptors (Lipinski definition) is 4. The lowest BCUT2D eigenvalue weighted by Gasteiger charge is -2.08. The number of halogens is 1. The fourth-order valence-corrected chi connectivity index (χ4v) is 3.18. The highest BCUT2D eigenvalue weighted by Crippen LogP contribution is 2.22. The van der Waals surface area contributed by atoms with Gasteiger partial charge in [-0.2, -0.15) is 10.2 Å². The summed E-state index contributed by atoms with van der Waals surface area (Å²) in [5, 5.41) is 11.7. The van der Waals surface area contributed by atoms with Crippen LogP contribution in [0.4, 0.5) is 5.69 Å². The van der Waals surface area contributed by atoms with Crippen LogP contribution in [0.5, 0.6) is 5.75 Å². The van der Waals surface area contributed by atoms with Gasteiger partial charge in [0.05, 0.1) is 41.4 Å². The van der Waals surface area contributed by atoms with Gasteiger partial charge in [-0.1, -0.05) is 12.1 Å². The molecule has 3 rings (SSSR count).